The van der Waals surface area contributed by atoms with E-state index >= 15 is 0 Å². The Hall–Kier alpha value is -1.55. The lowest BCUT2D eigenvalue weighted by molar-refractivity contribution is -0.120. The SMILES string of the molecule is COc1ccc(CC(=O)NCC(C)CN)c(C)c1C. The first-order chi connectivity index (χ1) is 8.99. The molecule has 106 valence electrons. The van der Waals surface area contributed by atoms with E-state index in [9.17, 15) is 4.79 Å². The fourth-order valence-electron chi connectivity index (χ4n) is 1.87. The van der Waals surface area contributed by atoms with Crippen LogP contribution in [0.25, 0.3) is 0 Å². The summed E-state index contributed by atoms with van der Waals surface area (Å²) in [5.74, 6) is 1.20. The van der Waals surface area contributed by atoms with E-state index in [0.29, 0.717) is 25.4 Å². The van der Waals surface area contributed by atoms with Crippen LogP contribution in [0.3, 0.4) is 0 Å². The number of hydrogen-bond acceptors (Lipinski definition) is 3. The topological polar surface area (TPSA) is 64.3 Å². The first-order valence-corrected chi connectivity index (χ1v) is 6.59. The van der Waals surface area contributed by atoms with Crippen molar-refractivity contribution in [3.05, 3.63) is 28.8 Å². The molecule has 4 heteroatoms. The molecule has 0 saturated carbocycles. The highest BCUT2D eigenvalue weighted by Crippen LogP contribution is 2.24. The molecule has 0 aliphatic carbocycles. The largest absolute Gasteiger partial charge is 0.496 e. The van der Waals surface area contributed by atoms with Crippen LogP contribution in [-0.2, 0) is 11.2 Å². The van der Waals surface area contributed by atoms with Gasteiger partial charge < -0.3 is 15.8 Å². The number of methoxy groups -OCH3 is 1. The maximum atomic E-state index is 11.9. The van der Waals surface area contributed by atoms with E-state index in [1.807, 2.05) is 32.9 Å². The molecule has 0 spiro atoms. The molecule has 1 rings (SSSR count). The molecule has 1 aromatic rings. The summed E-state index contributed by atoms with van der Waals surface area (Å²) < 4.78 is 5.26. The Kier molecular flexibility index (Phi) is 5.83. The first-order valence-electron chi connectivity index (χ1n) is 6.59. The monoisotopic (exact) mass is 264 g/mol. The summed E-state index contributed by atoms with van der Waals surface area (Å²) in [6.45, 7) is 7.25. The van der Waals surface area contributed by atoms with E-state index < -0.39 is 0 Å². The molecule has 0 aliphatic rings. The highest BCUT2D eigenvalue weighted by Gasteiger charge is 2.10. The van der Waals surface area contributed by atoms with Crippen LogP contribution in [0, 0.1) is 19.8 Å². The van der Waals surface area contributed by atoms with Crippen LogP contribution in [0.4, 0.5) is 0 Å². The van der Waals surface area contributed by atoms with Gasteiger partial charge in [0, 0.05) is 6.54 Å². The van der Waals surface area contributed by atoms with Gasteiger partial charge in [-0.05, 0) is 49.1 Å². The molecule has 1 atom stereocenters. The number of benzene rings is 1. The molecule has 1 aromatic carbocycles. The van der Waals surface area contributed by atoms with Crippen molar-refractivity contribution in [2.45, 2.75) is 27.2 Å². The van der Waals surface area contributed by atoms with Crippen LogP contribution >= 0.6 is 0 Å². The number of ether oxygens (including phenoxy) is 1. The normalized spacial score (nSPS) is 12.1. The van der Waals surface area contributed by atoms with Gasteiger partial charge in [-0.1, -0.05) is 13.0 Å². The molecular weight excluding hydrogens is 240 g/mol. The molecule has 0 saturated heterocycles. The van der Waals surface area contributed by atoms with Crippen LogP contribution in [0.1, 0.15) is 23.6 Å². The Bertz CT molecular complexity index is 444. The third kappa shape index (κ3) is 4.24. The summed E-state index contributed by atoms with van der Waals surface area (Å²) in [7, 11) is 1.66. The summed E-state index contributed by atoms with van der Waals surface area (Å²) >= 11 is 0. The third-order valence-electron chi connectivity index (χ3n) is 3.47. The highest BCUT2D eigenvalue weighted by atomic mass is 16.5. The van der Waals surface area contributed by atoms with Crippen LogP contribution in [0.15, 0.2) is 12.1 Å². The summed E-state index contributed by atoms with van der Waals surface area (Å²) in [6, 6.07) is 3.86. The lowest BCUT2D eigenvalue weighted by Gasteiger charge is -2.14. The van der Waals surface area contributed by atoms with Gasteiger partial charge in [0.15, 0.2) is 0 Å². The molecule has 0 heterocycles. The summed E-state index contributed by atoms with van der Waals surface area (Å²) in [5.41, 5.74) is 8.76. The van der Waals surface area contributed by atoms with Crippen molar-refractivity contribution in [2.24, 2.45) is 11.7 Å². The van der Waals surface area contributed by atoms with Crippen LogP contribution < -0.4 is 15.8 Å². The third-order valence-corrected chi connectivity index (χ3v) is 3.47. The van der Waals surface area contributed by atoms with E-state index in [0.717, 1.165) is 22.4 Å². The minimum Gasteiger partial charge on any atom is -0.496 e. The van der Waals surface area contributed by atoms with Crippen LogP contribution in [0.2, 0.25) is 0 Å². The second-order valence-electron chi connectivity index (χ2n) is 5.00. The minimum atomic E-state index is 0.0352. The van der Waals surface area contributed by atoms with E-state index in [-0.39, 0.29) is 5.91 Å². The average Bonchev–Trinajstić information content (AvgIpc) is 2.41. The van der Waals surface area contributed by atoms with Gasteiger partial charge in [0.2, 0.25) is 5.91 Å². The zero-order chi connectivity index (χ0) is 14.4. The number of hydrogen-bond donors (Lipinski definition) is 2. The lowest BCUT2D eigenvalue weighted by Crippen LogP contribution is -2.32. The maximum absolute atomic E-state index is 11.9. The van der Waals surface area contributed by atoms with Gasteiger partial charge in [-0.25, -0.2) is 0 Å². The van der Waals surface area contributed by atoms with E-state index in [2.05, 4.69) is 5.32 Å². The fourth-order valence-corrected chi connectivity index (χ4v) is 1.87. The molecule has 0 aromatic heterocycles. The molecular formula is C15H24N2O2. The van der Waals surface area contributed by atoms with Gasteiger partial charge in [-0.3, -0.25) is 4.79 Å². The lowest BCUT2D eigenvalue weighted by atomic mass is 9.99. The van der Waals surface area contributed by atoms with Crippen molar-refractivity contribution in [1.29, 1.82) is 0 Å². The second kappa shape index (κ2) is 7.14. The molecule has 1 amide bonds. The van der Waals surface area contributed by atoms with Crippen molar-refractivity contribution >= 4 is 5.91 Å². The first kappa shape index (κ1) is 15.5. The van der Waals surface area contributed by atoms with Crippen molar-refractivity contribution in [3.8, 4) is 5.75 Å². The van der Waals surface area contributed by atoms with E-state index in [1.165, 1.54) is 0 Å². The Balaban J connectivity index is 2.67. The molecule has 4 nitrogen and oxygen atoms in total. The van der Waals surface area contributed by atoms with Gasteiger partial charge in [-0.15, -0.1) is 0 Å². The summed E-state index contributed by atoms with van der Waals surface area (Å²) in [6.07, 6.45) is 0.397. The standard InChI is InChI=1S/C15H24N2O2/c1-10(8-16)9-17-15(18)7-13-5-6-14(19-4)12(3)11(13)2/h5-6,10H,7-9,16H2,1-4H3,(H,17,18). The number of nitrogens with one attached hydrogen (secondary N) is 1. The van der Waals surface area contributed by atoms with Gasteiger partial charge in [0.05, 0.1) is 13.5 Å². The van der Waals surface area contributed by atoms with Gasteiger partial charge >= 0.3 is 0 Å². The minimum absolute atomic E-state index is 0.0352. The zero-order valence-corrected chi connectivity index (χ0v) is 12.2. The molecule has 19 heavy (non-hydrogen) atoms. The summed E-state index contributed by atoms with van der Waals surface area (Å²) in [5, 5.41) is 2.91. The van der Waals surface area contributed by atoms with Crippen molar-refractivity contribution in [3.63, 3.8) is 0 Å². The molecule has 3 N–H and O–H groups in total. The Morgan fingerprint density at radius 3 is 2.63 bits per heavy atom. The zero-order valence-electron chi connectivity index (χ0n) is 12.2. The number of rotatable bonds is 6. The van der Waals surface area contributed by atoms with E-state index in [4.69, 9.17) is 10.5 Å². The van der Waals surface area contributed by atoms with Crippen molar-refractivity contribution < 1.29 is 9.53 Å². The summed E-state index contributed by atoms with van der Waals surface area (Å²) in [4.78, 5) is 11.9. The highest BCUT2D eigenvalue weighted by molar-refractivity contribution is 5.79. The molecule has 1 unspecified atom stereocenters. The Morgan fingerprint density at radius 1 is 1.37 bits per heavy atom. The van der Waals surface area contributed by atoms with Crippen molar-refractivity contribution in [2.75, 3.05) is 20.2 Å². The van der Waals surface area contributed by atoms with Crippen LogP contribution in [0.5, 0.6) is 5.75 Å². The predicted molar refractivity (Wildman–Crippen MR) is 77.4 cm³/mol. The Morgan fingerprint density at radius 2 is 2.05 bits per heavy atom. The molecule has 0 fully saturated rings. The predicted octanol–water partition coefficient (Wildman–Crippen LogP) is 1.57. The molecule has 0 aliphatic heterocycles. The number of nitrogens with two attached hydrogens (primary N) is 1. The smallest absolute Gasteiger partial charge is 0.224 e. The molecule has 0 radical (unpaired) electrons. The fraction of sp³-hybridized carbons (Fsp3) is 0.533. The average molecular weight is 264 g/mol. The van der Waals surface area contributed by atoms with Gasteiger partial charge in [0.25, 0.3) is 0 Å². The Labute approximate surface area is 115 Å². The quantitative estimate of drug-likeness (QED) is 0.819. The van der Waals surface area contributed by atoms with Crippen LogP contribution in [-0.4, -0.2) is 26.1 Å². The number of carbonyl (C=O) groups is 1. The van der Waals surface area contributed by atoms with E-state index in [1.54, 1.807) is 7.11 Å². The van der Waals surface area contributed by atoms with Gasteiger partial charge in [0.1, 0.15) is 5.75 Å². The maximum Gasteiger partial charge on any atom is 0.224 e. The molecule has 0 bridgehead atoms. The second-order valence-corrected chi connectivity index (χ2v) is 5.00. The van der Waals surface area contributed by atoms with Gasteiger partial charge in [-0.2, -0.15) is 0 Å². The number of amides is 1. The van der Waals surface area contributed by atoms with Crippen molar-refractivity contribution in [1.82, 2.24) is 5.32 Å². The number of carbonyl (C=O) groups excluding carboxylic acids is 1.